The Hall–Kier alpha value is -0.590. The first kappa shape index (κ1) is 14.5. The Bertz CT molecular complexity index is 474. The zero-order valence-electron chi connectivity index (χ0n) is 10.2. The number of benzene rings is 1. The van der Waals surface area contributed by atoms with Crippen LogP contribution in [0.4, 0.5) is 5.69 Å². The van der Waals surface area contributed by atoms with Gasteiger partial charge in [-0.1, -0.05) is 28.1 Å². The van der Waals surface area contributed by atoms with Crippen LogP contribution in [-0.2, 0) is 10.0 Å². The lowest BCUT2D eigenvalue weighted by atomic mass is 10.3. The Morgan fingerprint density at radius 3 is 2.29 bits per heavy atom. The summed E-state index contributed by atoms with van der Waals surface area (Å²) in [6, 6.07) is 7.03. The van der Waals surface area contributed by atoms with E-state index in [0.717, 1.165) is 17.6 Å². The van der Waals surface area contributed by atoms with Gasteiger partial charge in [0, 0.05) is 33.0 Å². The Morgan fingerprint density at radius 1 is 1.18 bits per heavy atom. The molecular formula is C11H17BrN2O2S. The van der Waals surface area contributed by atoms with E-state index in [4.69, 9.17) is 0 Å². The molecule has 1 rings (SSSR count). The number of rotatable bonds is 5. The normalized spacial score (nSPS) is 11.8. The topological polar surface area (TPSA) is 40.6 Å². The highest BCUT2D eigenvalue weighted by molar-refractivity contribution is 9.09. The molecular weight excluding hydrogens is 304 g/mol. The second-order valence-corrected chi connectivity index (χ2v) is 6.78. The predicted molar refractivity (Wildman–Crippen MR) is 74.4 cm³/mol. The van der Waals surface area contributed by atoms with Crippen LogP contribution in [0.3, 0.4) is 0 Å². The van der Waals surface area contributed by atoms with E-state index >= 15 is 0 Å². The van der Waals surface area contributed by atoms with Crippen molar-refractivity contribution >= 4 is 31.6 Å². The molecule has 96 valence electrons. The summed E-state index contributed by atoms with van der Waals surface area (Å²) in [7, 11) is 1.56. The van der Waals surface area contributed by atoms with Gasteiger partial charge in [0.2, 0.25) is 10.0 Å². The lowest BCUT2D eigenvalue weighted by Gasteiger charge is -2.22. The highest BCUT2D eigenvalue weighted by atomic mass is 79.9. The van der Waals surface area contributed by atoms with Crippen molar-refractivity contribution in [3.63, 3.8) is 0 Å². The van der Waals surface area contributed by atoms with E-state index in [1.54, 1.807) is 12.1 Å². The fourth-order valence-corrected chi connectivity index (χ4v) is 3.10. The molecule has 6 heteroatoms. The van der Waals surface area contributed by atoms with Gasteiger partial charge in [-0.2, -0.15) is 0 Å². The van der Waals surface area contributed by atoms with Crippen molar-refractivity contribution in [1.29, 1.82) is 0 Å². The summed E-state index contributed by atoms with van der Waals surface area (Å²) < 4.78 is 25.5. The number of hydrogen-bond acceptors (Lipinski definition) is 3. The zero-order chi connectivity index (χ0) is 13.1. The number of alkyl halides is 1. The molecule has 0 aliphatic rings. The SMILES string of the molecule is CN(CCBr)c1ccccc1S(=O)(=O)N(C)C. The van der Waals surface area contributed by atoms with E-state index in [1.165, 1.54) is 18.4 Å². The molecule has 0 saturated heterocycles. The maximum atomic E-state index is 12.1. The molecule has 1 aromatic rings. The second-order valence-electron chi connectivity index (χ2n) is 3.87. The third-order valence-electron chi connectivity index (χ3n) is 2.46. The third kappa shape index (κ3) is 3.20. The molecule has 0 unspecified atom stereocenters. The monoisotopic (exact) mass is 320 g/mol. The number of anilines is 1. The molecule has 0 saturated carbocycles. The summed E-state index contributed by atoms with van der Waals surface area (Å²) in [4.78, 5) is 2.26. The van der Waals surface area contributed by atoms with Gasteiger partial charge in [0.25, 0.3) is 0 Å². The van der Waals surface area contributed by atoms with Gasteiger partial charge >= 0.3 is 0 Å². The van der Waals surface area contributed by atoms with Crippen LogP contribution in [-0.4, -0.2) is 45.7 Å². The zero-order valence-corrected chi connectivity index (χ0v) is 12.6. The van der Waals surface area contributed by atoms with Gasteiger partial charge in [0.05, 0.1) is 5.69 Å². The molecule has 0 heterocycles. The molecule has 0 aromatic heterocycles. The Labute approximate surface area is 111 Å². The molecule has 0 N–H and O–H groups in total. The number of para-hydroxylation sites is 1. The van der Waals surface area contributed by atoms with Crippen molar-refractivity contribution in [2.75, 3.05) is 37.9 Å². The van der Waals surface area contributed by atoms with Crippen LogP contribution in [0.25, 0.3) is 0 Å². The predicted octanol–water partition coefficient (Wildman–Crippen LogP) is 1.77. The quantitative estimate of drug-likeness (QED) is 0.776. The van der Waals surface area contributed by atoms with Gasteiger partial charge in [-0.05, 0) is 12.1 Å². The summed E-state index contributed by atoms with van der Waals surface area (Å²) >= 11 is 3.35. The van der Waals surface area contributed by atoms with E-state index in [-0.39, 0.29) is 0 Å². The molecule has 1 aromatic carbocycles. The summed E-state index contributed by atoms with van der Waals surface area (Å²) in [6.45, 7) is 0.750. The van der Waals surface area contributed by atoms with E-state index in [0.29, 0.717) is 4.90 Å². The van der Waals surface area contributed by atoms with E-state index in [2.05, 4.69) is 15.9 Å². The van der Waals surface area contributed by atoms with E-state index < -0.39 is 10.0 Å². The Morgan fingerprint density at radius 2 is 1.76 bits per heavy atom. The number of sulfonamides is 1. The number of hydrogen-bond donors (Lipinski definition) is 0. The summed E-state index contributed by atoms with van der Waals surface area (Å²) in [5, 5.41) is 0.792. The van der Waals surface area contributed by atoms with Crippen molar-refractivity contribution in [3.8, 4) is 0 Å². The maximum Gasteiger partial charge on any atom is 0.244 e. The van der Waals surface area contributed by atoms with Crippen molar-refractivity contribution in [2.45, 2.75) is 4.90 Å². The minimum Gasteiger partial charge on any atom is -0.373 e. The van der Waals surface area contributed by atoms with Crippen LogP contribution < -0.4 is 4.90 Å². The smallest absolute Gasteiger partial charge is 0.244 e. The van der Waals surface area contributed by atoms with Crippen LogP contribution in [0.1, 0.15) is 0 Å². The maximum absolute atomic E-state index is 12.1. The van der Waals surface area contributed by atoms with Crippen molar-refractivity contribution in [2.24, 2.45) is 0 Å². The van der Waals surface area contributed by atoms with Crippen molar-refractivity contribution in [3.05, 3.63) is 24.3 Å². The fourth-order valence-electron chi connectivity index (χ4n) is 1.43. The minimum atomic E-state index is -3.39. The number of halogens is 1. The molecule has 0 atom stereocenters. The Kier molecular flexibility index (Phi) is 4.97. The first-order valence-corrected chi connectivity index (χ1v) is 7.76. The van der Waals surface area contributed by atoms with E-state index in [9.17, 15) is 8.42 Å². The van der Waals surface area contributed by atoms with Gasteiger partial charge in [0.15, 0.2) is 0 Å². The standard InChI is InChI=1S/C11H17BrN2O2S/c1-13(2)17(15,16)11-7-5-4-6-10(11)14(3)9-8-12/h4-7H,8-9H2,1-3H3. The molecule has 0 bridgehead atoms. The summed E-state index contributed by atoms with van der Waals surface area (Å²) in [5.41, 5.74) is 0.723. The van der Waals surface area contributed by atoms with Crippen LogP contribution in [0.15, 0.2) is 29.2 Å². The minimum absolute atomic E-state index is 0.341. The van der Waals surface area contributed by atoms with Crippen LogP contribution in [0.2, 0.25) is 0 Å². The van der Waals surface area contributed by atoms with Crippen LogP contribution in [0, 0.1) is 0 Å². The molecule has 0 aliphatic heterocycles. The van der Waals surface area contributed by atoms with E-state index in [1.807, 2.05) is 24.1 Å². The van der Waals surface area contributed by atoms with Gasteiger partial charge in [-0.3, -0.25) is 0 Å². The fraction of sp³-hybridized carbons (Fsp3) is 0.455. The second kappa shape index (κ2) is 5.84. The molecule has 4 nitrogen and oxygen atoms in total. The van der Waals surface area contributed by atoms with Crippen LogP contribution >= 0.6 is 15.9 Å². The lowest BCUT2D eigenvalue weighted by molar-refractivity contribution is 0.520. The molecule has 0 radical (unpaired) electrons. The van der Waals surface area contributed by atoms with Gasteiger partial charge in [0.1, 0.15) is 4.90 Å². The Balaban J connectivity index is 3.26. The highest BCUT2D eigenvalue weighted by Crippen LogP contribution is 2.25. The first-order chi connectivity index (χ1) is 7.91. The van der Waals surface area contributed by atoms with Crippen molar-refractivity contribution < 1.29 is 8.42 Å². The molecule has 0 fully saturated rings. The molecule has 17 heavy (non-hydrogen) atoms. The summed E-state index contributed by atoms with van der Waals surface area (Å²) in [5.74, 6) is 0. The lowest BCUT2D eigenvalue weighted by Crippen LogP contribution is -2.27. The number of nitrogens with zero attached hydrogens (tertiary/aromatic N) is 2. The highest BCUT2D eigenvalue weighted by Gasteiger charge is 2.22. The van der Waals surface area contributed by atoms with Crippen LogP contribution in [0.5, 0.6) is 0 Å². The van der Waals surface area contributed by atoms with Gasteiger partial charge < -0.3 is 4.90 Å². The molecule has 0 spiro atoms. The largest absolute Gasteiger partial charge is 0.373 e. The van der Waals surface area contributed by atoms with Gasteiger partial charge in [-0.15, -0.1) is 0 Å². The average Bonchev–Trinajstić information content (AvgIpc) is 2.29. The van der Waals surface area contributed by atoms with Gasteiger partial charge in [-0.25, -0.2) is 12.7 Å². The molecule has 0 amide bonds. The van der Waals surface area contributed by atoms with Crippen molar-refractivity contribution in [1.82, 2.24) is 4.31 Å². The average molecular weight is 321 g/mol. The molecule has 0 aliphatic carbocycles. The first-order valence-electron chi connectivity index (χ1n) is 5.20. The third-order valence-corrected chi connectivity index (χ3v) is 4.67. The summed E-state index contributed by atoms with van der Waals surface area (Å²) in [6.07, 6.45) is 0.